The largest absolute Gasteiger partial charge is 0.390 e. The van der Waals surface area contributed by atoms with Crippen LogP contribution in [0.3, 0.4) is 0 Å². The first kappa shape index (κ1) is 14.5. The number of piperidine rings is 1. The smallest absolute Gasteiger partial charge is 0.0847 e. The normalized spacial score (nSPS) is 18.4. The second-order valence-electron chi connectivity index (χ2n) is 5.41. The average Bonchev–Trinajstić information content (AvgIpc) is 2.46. The molecule has 0 aromatic heterocycles. The number of benzene rings is 1. The van der Waals surface area contributed by atoms with Crippen molar-refractivity contribution in [1.29, 1.82) is 0 Å². The average molecular weight is 283 g/mol. The van der Waals surface area contributed by atoms with Crippen molar-refractivity contribution in [3.63, 3.8) is 0 Å². The first-order valence-corrected chi connectivity index (χ1v) is 7.55. The minimum absolute atomic E-state index is 0.261. The van der Waals surface area contributed by atoms with Crippen LogP contribution in [0.25, 0.3) is 0 Å². The Bertz CT molecular complexity index is 374. The Balaban J connectivity index is 1.87. The molecule has 106 valence electrons. The van der Waals surface area contributed by atoms with Crippen LogP contribution in [0.15, 0.2) is 24.3 Å². The summed E-state index contributed by atoms with van der Waals surface area (Å²) in [6.07, 6.45) is 2.06. The fourth-order valence-electron chi connectivity index (χ4n) is 2.35. The van der Waals surface area contributed by atoms with Gasteiger partial charge in [-0.15, -0.1) is 11.6 Å². The number of hydrogen-bond donors (Lipinski definition) is 2. The van der Waals surface area contributed by atoms with Crippen LogP contribution in [0.5, 0.6) is 0 Å². The van der Waals surface area contributed by atoms with Crippen molar-refractivity contribution in [2.75, 3.05) is 35.7 Å². The first-order chi connectivity index (χ1) is 9.19. The van der Waals surface area contributed by atoms with Crippen LogP contribution in [0.4, 0.5) is 11.4 Å². The van der Waals surface area contributed by atoms with E-state index >= 15 is 0 Å². The quantitative estimate of drug-likeness (QED) is 0.815. The molecule has 1 heterocycles. The third kappa shape index (κ3) is 4.29. The molecule has 0 spiro atoms. The third-order valence-corrected chi connectivity index (χ3v) is 4.09. The van der Waals surface area contributed by atoms with E-state index in [1.807, 2.05) is 0 Å². The maximum atomic E-state index is 9.40. The minimum Gasteiger partial charge on any atom is -0.390 e. The number of aliphatic hydroxyl groups excluding tert-OH is 1. The van der Waals surface area contributed by atoms with Crippen molar-refractivity contribution in [1.82, 2.24) is 0 Å². The summed E-state index contributed by atoms with van der Waals surface area (Å²) < 4.78 is 0. The molecule has 0 amide bonds. The Morgan fingerprint density at radius 1 is 1.32 bits per heavy atom. The molecule has 2 rings (SSSR count). The van der Waals surface area contributed by atoms with Gasteiger partial charge in [-0.2, -0.15) is 0 Å². The molecule has 4 heteroatoms. The molecule has 1 aliphatic rings. The number of aliphatic hydroxyl groups is 1. The van der Waals surface area contributed by atoms with E-state index in [4.69, 9.17) is 11.6 Å². The van der Waals surface area contributed by atoms with Gasteiger partial charge in [0.15, 0.2) is 0 Å². The molecule has 0 radical (unpaired) electrons. The van der Waals surface area contributed by atoms with Crippen molar-refractivity contribution in [3.8, 4) is 0 Å². The summed E-state index contributed by atoms with van der Waals surface area (Å²) in [5, 5.41) is 12.6. The Hall–Kier alpha value is -0.930. The number of hydrogen-bond acceptors (Lipinski definition) is 3. The van der Waals surface area contributed by atoms with Crippen LogP contribution in [-0.2, 0) is 0 Å². The second-order valence-corrected chi connectivity index (χ2v) is 5.71. The molecule has 0 bridgehead atoms. The van der Waals surface area contributed by atoms with Crippen molar-refractivity contribution < 1.29 is 5.11 Å². The zero-order valence-electron chi connectivity index (χ0n) is 11.5. The molecule has 1 unspecified atom stereocenters. The number of nitrogens with zero attached hydrogens (tertiary/aromatic N) is 1. The molecular formula is C15H23ClN2O. The van der Waals surface area contributed by atoms with E-state index in [-0.39, 0.29) is 5.88 Å². The standard InChI is InChI=1S/C15H23ClN2O/c1-12-6-8-18(9-7-12)14-4-2-13(3-5-14)17-11-15(19)10-16/h2-5,12,15,17,19H,6-11H2,1H3. The lowest BCUT2D eigenvalue weighted by molar-refractivity contribution is 0.211. The Labute approximate surface area is 120 Å². The first-order valence-electron chi connectivity index (χ1n) is 7.02. The summed E-state index contributed by atoms with van der Waals surface area (Å²) in [6.45, 7) is 5.12. The van der Waals surface area contributed by atoms with Crippen molar-refractivity contribution in [3.05, 3.63) is 24.3 Å². The van der Waals surface area contributed by atoms with Crippen molar-refractivity contribution >= 4 is 23.0 Å². The zero-order chi connectivity index (χ0) is 13.7. The SMILES string of the molecule is CC1CCN(c2ccc(NCC(O)CCl)cc2)CC1. The van der Waals surface area contributed by atoms with Gasteiger partial charge in [0.2, 0.25) is 0 Å². The van der Waals surface area contributed by atoms with Gasteiger partial charge in [0.1, 0.15) is 0 Å². The lowest BCUT2D eigenvalue weighted by atomic mass is 9.99. The molecular weight excluding hydrogens is 260 g/mol. The van der Waals surface area contributed by atoms with E-state index in [0.717, 1.165) is 24.7 Å². The van der Waals surface area contributed by atoms with Gasteiger partial charge in [-0.3, -0.25) is 0 Å². The summed E-state index contributed by atoms with van der Waals surface area (Å²) >= 11 is 5.56. The number of rotatable bonds is 5. The van der Waals surface area contributed by atoms with Crippen molar-refractivity contribution in [2.45, 2.75) is 25.9 Å². The summed E-state index contributed by atoms with van der Waals surface area (Å²) in [7, 11) is 0. The molecule has 1 aromatic carbocycles. The highest BCUT2D eigenvalue weighted by molar-refractivity contribution is 6.18. The maximum absolute atomic E-state index is 9.40. The Morgan fingerprint density at radius 3 is 2.53 bits per heavy atom. The summed E-state index contributed by atoms with van der Waals surface area (Å²) in [5.74, 6) is 1.12. The van der Waals surface area contributed by atoms with E-state index < -0.39 is 6.10 Å². The van der Waals surface area contributed by atoms with Crippen LogP contribution >= 0.6 is 11.6 Å². The lowest BCUT2D eigenvalue weighted by Gasteiger charge is -2.32. The van der Waals surface area contributed by atoms with Gasteiger partial charge in [-0.1, -0.05) is 6.92 Å². The van der Waals surface area contributed by atoms with Crippen LogP contribution < -0.4 is 10.2 Å². The lowest BCUT2D eigenvalue weighted by Crippen LogP contribution is -2.32. The molecule has 1 aromatic rings. The minimum atomic E-state index is -0.495. The molecule has 3 nitrogen and oxygen atoms in total. The molecule has 0 aliphatic carbocycles. The maximum Gasteiger partial charge on any atom is 0.0847 e. The number of alkyl halides is 1. The van der Waals surface area contributed by atoms with Gasteiger partial charge in [-0.25, -0.2) is 0 Å². The van der Waals surface area contributed by atoms with Crippen LogP contribution in [0, 0.1) is 5.92 Å². The number of halogens is 1. The Kier molecular flexibility index (Phi) is 5.34. The second kappa shape index (κ2) is 7.01. The molecule has 2 N–H and O–H groups in total. The Morgan fingerprint density at radius 2 is 1.95 bits per heavy atom. The monoisotopic (exact) mass is 282 g/mol. The van der Waals surface area contributed by atoms with E-state index in [0.29, 0.717) is 6.54 Å². The van der Waals surface area contributed by atoms with Gasteiger partial charge in [0.25, 0.3) is 0 Å². The summed E-state index contributed by atoms with van der Waals surface area (Å²) in [4.78, 5) is 2.44. The third-order valence-electron chi connectivity index (χ3n) is 3.74. The van der Waals surface area contributed by atoms with Gasteiger partial charge in [0, 0.05) is 31.0 Å². The highest BCUT2D eigenvalue weighted by atomic mass is 35.5. The highest BCUT2D eigenvalue weighted by Gasteiger charge is 2.15. The zero-order valence-corrected chi connectivity index (χ0v) is 12.2. The summed E-state index contributed by atoms with van der Waals surface area (Å²) in [6, 6.07) is 8.42. The van der Waals surface area contributed by atoms with Crippen molar-refractivity contribution in [2.24, 2.45) is 5.92 Å². The summed E-state index contributed by atoms with van der Waals surface area (Å²) in [5.41, 5.74) is 2.31. The molecule has 0 saturated carbocycles. The number of nitrogens with one attached hydrogen (secondary N) is 1. The molecule has 1 aliphatic heterocycles. The van der Waals surface area contributed by atoms with Crippen LogP contribution in [0.2, 0.25) is 0 Å². The van der Waals surface area contributed by atoms with Crippen LogP contribution in [-0.4, -0.2) is 36.7 Å². The van der Waals surface area contributed by atoms with Gasteiger partial charge >= 0.3 is 0 Å². The number of anilines is 2. The highest BCUT2D eigenvalue weighted by Crippen LogP contribution is 2.24. The topological polar surface area (TPSA) is 35.5 Å². The van der Waals surface area contributed by atoms with Gasteiger partial charge < -0.3 is 15.3 Å². The fourth-order valence-corrected chi connectivity index (χ4v) is 2.46. The van der Waals surface area contributed by atoms with E-state index in [1.54, 1.807) is 0 Å². The molecule has 19 heavy (non-hydrogen) atoms. The van der Waals surface area contributed by atoms with Crippen LogP contribution in [0.1, 0.15) is 19.8 Å². The predicted molar refractivity (Wildman–Crippen MR) is 82.3 cm³/mol. The van der Waals surface area contributed by atoms with Gasteiger partial charge in [0.05, 0.1) is 12.0 Å². The fraction of sp³-hybridized carbons (Fsp3) is 0.600. The molecule has 1 saturated heterocycles. The van der Waals surface area contributed by atoms with E-state index in [2.05, 4.69) is 41.4 Å². The van der Waals surface area contributed by atoms with Gasteiger partial charge in [-0.05, 0) is 43.0 Å². The predicted octanol–water partition coefficient (Wildman–Crippen LogP) is 2.93. The molecule has 1 fully saturated rings. The van der Waals surface area contributed by atoms with E-state index in [1.165, 1.54) is 18.5 Å². The van der Waals surface area contributed by atoms with E-state index in [9.17, 15) is 5.11 Å². The molecule has 1 atom stereocenters.